The Kier molecular flexibility index (Phi) is 4.88. The molecular weight excluding hydrogens is 214 g/mol. The quantitative estimate of drug-likeness (QED) is 0.793. The van der Waals surface area contributed by atoms with Crippen LogP contribution in [-0.4, -0.2) is 11.7 Å². The van der Waals surface area contributed by atoms with Gasteiger partial charge in [0, 0.05) is 17.2 Å². The number of carbonyl (C=O) groups is 2. The molecule has 0 unspecified atom stereocenters. The number of anilines is 1. The number of nitrogens with one attached hydrogen (secondary N) is 1. The van der Waals surface area contributed by atoms with Crippen LogP contribution in [0.4, 0.5) is 5.69 Å². The molecule has 1 aromatic rings. The Labute approximate surface area is 102 Å². The average Bonchev–Trinajstić information content (AvgIpc) is 2.31. The maximum atomic E-state index is 11.8. The minimum Gasteiger partial charge on any atom is -0.326 e. The predicted molar refractivity (Wildman–Crippen MR) is 69.1 cm³/mol. The van der Waals surface area contributed by atoms with Crippen LogP contribution in [0.3, 0.4) is 0 Å². The van der Waals surface area contributed by atoms with Gasteiger partial charge in [0.2, 0.25) is 5.91 Å². The first-order chi connectivity index (χ1) is 8.08. The summed E-state index contributed by atoms with van der Waals surface area (Å²) in [7, 11) is 0. The van der Waals surface area contributed by atoms with E-state index in [1.54, 1.807) is 24.3 Å². The van der Waals surface area contributed by atoms with Crippen molar-refractivity contribution >= 4 is 17.4 Å². The van der Waals surface area contributed by atoms with Crippen molar-refractivity contribution in [2.45, 2.75) is 33.6 Å². The maximum Gasteiger partial charge on any atom is 0.227 e. The molecule has 1 rings (SSSR count). The van der Waals surface area contributed by atoms with Crippen LogP contribution in [0.1, 0.15) is 44.0 Å². The van der Waals surface area contributed by atoms with Gasteiger partial charge >= 0.3 is 0 Å². The van der Waals surface area contributed by atoms with Crippen LogP contribution in [0.2, 0.25) is 0 Å². The van der Waals surface area contributed by atoms with Gasteiger partial charge in [-0.15, -0.1) is 0 Å². The molecule has 0 saturated heterocycles. The van der Waals surface area contributed by atoms with Crippen molar-refractivity contribution in [3.8, 4) is 0 Å². The summed E-state index contributed by atoms with van der Waals surface area (Å²) < 4.78 is 0. The second-order valence-corrected chi connectivity index (χ2v) is 4.14. The molecule has 3 nitrogen and oxygen atoms in total. The van der Waals surface area contributed by atoms with Gasteiger partial charge < -0.3 is 5.32 Å². The normalized spacial score (nSPS) is 10.4. The van der Waals surface area contributed by atoms with E-state index >= 15 is 0 Å². The summed E-state index contributed by atoms with van der Waals surface area (Å²) in [4.78, 5) is 22.9. The molecular formula is C14H19NO2. The van der Waals surface area contributed by atoms with Crippen LogP contribution in [-0.2, 0) is 4.79 Å². The van der Waals surface area contributed by atoms with E-state index in [4.69, 9.17) is 0 Å². The summed E-state index contributed by atoms with van der Waals surface area (Å²) in [5, 5.41) is 2.86. The van der Waals surface area contributed by atoms with Crippen LogP contribution in [0.25, 0.3) is 0 Å². The molecule has 17 heavy (non-hydrogen) atoms. The van der Waals surface area contributed by atoms with Crippen molar-refractivity contribution in [2.75, 3.05) is 5.32 Å². The van der Waals surface area contributed by atoms with E-state index in [0.717, 1.165) is 18.5 Å². The zero-order chi connectivity index (χ0) is 12.8. The van der Waals surface area contributed by atoms with E-state index in [1.807, 2.05) is 13.8 Å². The molecule has 0 atom stereocenters. The average molecular weight is 233 g/mol. The zero-order valence-electron chi connectivity index (χ0n) is 10.6. The highest BCUT2D eigenvalue weighted by Gasteiger charge is 2.13. The second kappa shape index (κ2) is 6.18. The Morgan fingerprint density at radius 1 is 1.12 bits per heavy atom. The number of Topliss-reactive ketones (excluding diaryl/α,β-unsaturated/α-hetero) is 1. The largest absolute Gasteiger partial charge is 0.326 e. The molecule has 0 spiro atoms. The van der Waals surface area contributed by atoms with Crippen LogP contribution in [0.5, 0.6) is 0 Å². The molecule has 0 aliphatic rings. The monoisotopic (exact) mass is 233 g/mol. The minimum absolute atomic E-state index is 0.0304. The van der Waals surface area contributed by atoms with Gasteiger partial charge in [-0.05, 0) is 44.0 Å². The lowest BCUT2D eigenvalue weighted by Crippen LogP contribution is -2.21. The van der Waals surface area contributed by atoms with Crippen LogP contribution in [0.15, 0.2) is 24.3 Å². The van der Waals surface area contributed by atoms with Crippen molar-refractivity contribution in [1.29, 1.82) is 0 Å². The highest BCUT2D eigenvalue weighted by atomic mass is 16.2. The summed E-state index contributed by atoms with van der Waals surface area (Å²) in [6.07, 6.45) is 1.68. The van der Waals surface area contributed by atoms with Gasteiger partial charge in [0.25, 0.3) is 0 Å². The Bertz CT molecular complexity index is 391. The van der Waals surface area contributed by atoms with E-state index in [9.17, 15) is 9.59 Å². The van der Waals surface area contributed by atoms with Gasteiger partial charge in [0.1, 0.15) is 0 Å². The number of hydrogen-bond donors (Lipinski definition) is 1. The summed E-state index contributed by atoms with van der Waals surface area (Å²) in [6, 6.07) is 6.98. The molecule has 0 aliphatic heterocycles. The van der Waals surface area contributed by atoms with Crippen LogP contribution in [0, 0.1) is 5.92 Å². The molecule has 0 saturated carbocycles. The van der Waals surface area contributed by atoms with Gasteiger partial charge in [0.05, 0.1) is 0 Å². The molecule has 1 N–H and O–H groups in total. The summed E-state index contributed by atoms with van der Waals surface area (Å²) in [5.41, 5.74) is 1.40. The predicted octanol–water partition coefficient (Wildman–Crippen LogP) is 3.26. The lowest BCUT2D eigenvalue weighted by molar-refractivity contribution is -0.120. The number of ketones is 1. The Morgan fingerprint density at radius 3 is 2.06 bits per heavy atom. The number of hydrogen-bond acceptors (Lipinski definition) is 2. The van der Waals surface area contributed by atoms with Gasteiger partial charge in [-0.25, -0.2) is 0 Å². The van der Waals surface area contributed by atoms with E-state index in [1.165, 1.54) is 6.92 Å². The number of rotatable bonds is 5. The third-order valence-corrected chi connectivity index (χ3v) is 2.92. The maximum absolute atomic E-state index is 11.8. The second-order valence-electron chi connectivity index (χ2n) is 4.14. The molecule has 0 bridgehead atoms. The third-order valence-electron chi connectivity index (χ3n) is 2.92. The molecule has 0 aliphatic carbocycles. The SMILES string of the molecule is CCC(CC)C(=O)Nc1ccc(C(C)=O)cc1. The standard InChI is InChI=1S/C14H19NO2/c1-4-11(5-2)14(17)15-13-8-6-12(7-9-13)10(3)16/h6-9,11H,4-5H2,1-3H3,(H,15,17). The highest BCUT2D eigenvalue weighted by molar-refractivity contribution is 5.96. The Morgan fingerprint density at radius 2 is 1.65 bits per heavy atom. The van der Waals surface area contributed by atoms with Gasteiger partial charge in [-0.2, -0.15) is 0 Å². The fourth-order valence-electron chi connectivity index (χ4n) is 1.69. The topological polar surface area (TPSA) is 46.2 Å². The van der Waals surface area contributed by atoms with Crippen molar-refractivity contribution in [3.05, 3.63) is 29.8 Å². The fraction of sp³-hybridized carbons (Fsp3) is 0.429. The molecule has 0 radical (unpaired) electrons. The first-order valence-corrected chi connectivity index (χ1v) is 6.00. The molecule has 0 aromatic heterocycles. The van der Waals surface area contributed by atoms with Crippen molar-refractivity contribution in [3.63, 3.8) is 0 Å². The van der Waals surface area contributed by atoms with Crippen molar-refractivity contribution < 1.29 is 9.59 Å². The first kappa shape index (κ1) is 13.4. The summed E-state index contributed by atoms with van der Waals surface area (Å²) in [5.74, 6) is 0.135. The lowest BCUT2D eigenvalue weighted by Gasteiger charge is -2.12. The molecule has 1 amide bonds. The van der Waals surface area contributed by atoms with Crippen molar-refractivity contribution in [1.82, 2.24) is 0 Å². The minimum atomic E-state index is 0.0304. The van der Waals surface area contributed by atoms with E-state index in [-0.39, 0.29) is 17.6 Å². The number of carbonyl (C=O) groups excluding carboxylic acids is 2. The first-order valence-electron chi connectivity index (χ1n) is 6.00. The van der Waals surface area contributed by atoms with Gasteiger partial charge in [-0.3, -0.25) is 9.59 Å². The summed E-state index contributed by atoms with van der Waals surface area (Å²) in [6.45, 7) is 5.54. The molecule has 1 aromatic carbocycles. The molecule has 3 heteroatoms. The van der Waals surface area contributed by atoms with E-state index in [0.29, 0.717) is 5.56 Å². The zero-order valence-corrected chi connectivity index (χ0v) is 10.6. The van der Waals surface area contributed by atoms with E-state index < -0.39 is 0 Å². The fourth-order valence-corrected chi connectivity index (χ4v) is 1.69. The van der Waals surface area contributed by atoms with Gasteiger partial charge in [-0.1, -0.05) is 13.8 Å². The smallest absolute Gasteiger partial charge is 0.227 e. The van der Waals surface area contributed by atoms with Crippen molar-refractivity contribution in [2.24, 2.45) is 5.92 Å². The van der Waals surface area contributed by atoms with Crippen LogP contribution < -0.4 is 5.32 Å². The number of amides is 1. The molecule has 92 valence electrons. The summed E-state index contributed by atoms with van der Waals surface area (Å²) >= 11 is 0. The van der Waals surface area contributed by atoms with E-state index in [2.05, 4.69) is 5.32 Å². The Balaban J connectivity index is 2.69. The lowest BCUT2D eigenvalue weighted by atomic mass is 10.0. The Hall–Kier alpha value is -1.64. The highest BCUT2D eigenvalue weighted by Crippen LogP contribution is 2.14. The van der Waals surface area contributed by atoms with Crippen LogP contribution >= 0.6 is 0 Å². The molecule has 0 fully saturated rings. The number of benzene rings is 1. The third kappa shape index (κ3) is 3.70. The van der Waals surface area contributed by atoms with Gasteiger partial charge in [0.15, 0.2) is 5.78 Å². The molecule has 0 heterocycles.